The molecule has 0 saturated heterocycles. The van der Waals surface area contributed by atoms with Crippen LogP contribution in [0.4, 0.5) is 5.69 Å². The number of carboxylic acid groups (broad SMARTS) is 2. The lowest BCUT2D eigenvalue weighted by Crippen LogP contribution is -2.22. The van der Waals surface area contributed by atoms with E-state index in [-0.39, 0.29) is 11.1 Å². The number of hydrogen-bond donors (Lipinski definition) is 2. The van der Waals surface area contributed by atoms with E-state index in [0.29, 0.717) is 11.3 Å². The summed E-state index contributed by atoms with van der Waals surface area (Å²) in [4.78, 5) is 24.2. The first-order chi connectivity index (χ1) is 8.67. The van der Waals surface area contributed by atoms with Gasteiger partial charge in [-0.25, -0.2) is 9.59 Å². The maximum atomic E-state index is 11.4. The molecule has 2 N–H and O–H groups in total. The molecule has 2 rings (SSSR count). The van der Waals surface area contributed by atoms with Crippen LogP contribution in [0.3, 0.4) is 0 Å². The number of benzene rings is 1. The third-order valence-electron chi connectivity index (χ3n) is 3.71. The smallest absolute Gasteiger partial charge is 0.336 e. The van der Waals surface area contributed by atoms with Crippen molar-refractivity contribution < 1.29 is 19.8 Å². The Morgan fingerprint density at radius 2 is 1.79 bits per heavy atom. The Morgan fingerprint density at radius 1 is 1.21 bits per heavy atom. The summed E-state index contributed by atoms with van der Waals surface area (Å²) in [7, 11) is 1.76. The standard InChI is InChI=1S/C14H15NO4/c1-7-14(2,3)11-9(13(18)19)5-8(12(16)17)6-10(11)15(7)4/h5-6H,1H2,2-4H3,(H,16,17)(H,18,19). The second kappa shape index (κ2) is 3.85. The first kappa shape index (κ1) is 13.1. The van der Waals surface area contributed by atoms with E-state index in [0.717, 1.165) is 5.70 Å². The number of hydrogen-bond acceptors (Lipinski definition) is 3. The lowest BCUT2D eigenvalue weighted by molar-refractivity contribution is 0.0694. The molecule has 0 bridgehead atoms. The first-order valence-electron chi connectivity index (χ1n) is 5.76. The summed E-state index contributed by atoms with van der Waals surface area (Å²) in [5, 5.41) is 18.4. The van der Waals surface area contributed by atoms with Gasteiger partial charge in [0.25, 0.3) is 0 Å². The largest absolute Gasteiger partial charge is 0.478 e. The van der Waals surface area contributed by atoms with Gasteiger partial charge < -0.3 is 15.1 Å². The molecule has 1 aliphatic rings. The molecule has 1 aromatic carbocycles. The SMILES string of the molecule is C=C1N(C)c2cc(C(=O)O)cc(C(=O)O)c2C1(C)C. The van der Waals surface area contributed by atoms with E-state index in [1.807, 2.05) is 13.8 Å². The average Bonchev–Trinajstić information content (AvgIpc) is 2.50. The van der Waals surface area contributed by atoms with E-state index >= 15 is 0 Å². The number of nitrogens with zero attached hydrogens (tertiary/aromatic N) is 1. The summed E-state index contributed by atoms with van der Waals surface area (Å²) < 4.78 is 0. The van der Waals surface area contributed by atoms with Crippen molar-refractivity contribution in [1.29, 1.82) is 0 Å². The maximum absolute atomic E-state index is 11.4. The molecule has 0 aliphatic carbocycles. The number of anilines is 1. The Bertz CT molecular complexity index is 616. The summed E-state index contributed by atoms with van der Waals surface area (Å²) in [5.74, 6) is -2.27. The van der Waals surface area contributed by atoms with Crippen LogP contribution < -0.4 is 4.90 Å². The van der Waals surface area contributed by atoms with Crippen molar-refractivity contribution in [3.8, 4) is 0 Å². The fraction of sp³-hybridized carbons (Fsp3) is 0.286. The number of fused-ring (bicyclic) bond motifs is 1. The molecule has 19 heavy (non-hydrogen) atoms. The van der Waals surface area contributed by atoms with Crippen molar-refractivity contribution in [2.24, 2.45) is 0 Å². The number of carbonyl (C=O) groups is 2. The lowest BCUT2D eigenvalue weighted by Gasteiger charge is -2.23. The molecule has 0 saturated carbocycles. The second-order valence-corrected chi connectivity index (χ2v) is 5.16. The molecule has 0 aromatic heterocycles. The highest BCUT2D eigenvalue weighted by Gasteiger charge is 2.41. The van der Waals surface area contributed by atoms with Crippen molar-refractivity contribution in [3.63, 3.8) is 0 Å². The zero-order valence-corrected chi connectivity index (χ0v) is 11.0. The van der Waals surface area contributed by atoms with E-state index < -0.39 is 17.4 Å². The Kier molecular flexibility index (Phi) is 2.66. The molecule has 1 aromatic rings. The predicted octanol–water partition coefficient (Wildman–Crippen LogP) is 2.32. The summed E-state index contributed by atoms with van der Waals surface area (Å²) in [6.45, 7) is 7.72. The fourth-order valence-electron chi connectivity index (χ4n) is 2.55. The van der Waals surface area contributed by atoms with Gasteiger partial charge in [-0.1, -0.05) is 20.4 Å². The highest BCUT2D eigenvalue weighted by atomic mass is 16.4. The van der Waals surface area contributed by atoms with Crippen molar-refractivity contribution in [1.82, 2.24) is 0 Å². The Hall–Kier alpha value is -2.30. The van der Waals surface area contributed by atoms with Gasteiger partial charge in [0.1, 0.15) is 0 Å². The molecular formula is C14H15NO4. The van der Waals surface area contributed by atoms with Gasteiger partial charge in [0.05, 0.1) is 11.1 Å². The van der Waals surface area contributed by atoms with Crippen LogP contribution in [0.5, 0.6) is 0 Å². The Balaban J connectivity index is 2.85. The Morgan fingerprint density at radius 3 is 2.26 bits per heavy atom. The third kappa shape index (κ3) is 1.69. The molecule has 0 amide bonds. The van der Waals surface area contributed by atoms with Crippen LogP contribution in [0.1, 0.15) is 40.1 Å². The summed E-state index contributed by atoms with van der Waals surface area (Å²) in [6, 6.07) is 2.70. The summed E-state index contributed by atoms with van der Waals surface area (Å²) in [6.07, 6.45) is 0. The normalized spacial score (nSPS) is 16.4. The van der Waals surface area contributed by atoms with Gasteiger partial charge in [0, 0.05) is 29.4 Å². The molecule has 5 heteroatoms. The molecule has 0 atom stereocenters. The van der Waals surface area contributed by atoms with Gasteiger partial charge in [-0.3, -0.25) is 0 Å². The van der Waals surface area contributed by atoms with E-state index in [4.69, 9.17) is 5.11 Å². The van der Waals surface area contributed by atoms with Crippen LogP contribution >= 0.6 is 0 Å². The van der Waals surface area contributed by atoms with Crippen molar-refractivity contribution in [2.75, 3.05) is 11.9 Å². The zero-order valence-electron chi connectivity index (χ0n) is 11.0. The van der Waals surface area contributed by atoms with Crippen molar-refractivity contribution in [3.05, 3.63) is 41.1 Å². The molecule has 0 spiro atoms. The number of likely N-dealkylation sites (N-methyl/N-ethyl adjacent to an activating group) is 1. The maximum Gasteiger partial charge on any atom is 0.336 e. The van der Waals surface area contributed by atoms with Gasteiger partial charge >= 0.3 is 11.9 Å². The quantitative estimate of drug-likeness (QED) is 0.854. The highest BCUT2D eigenvalue weighted by Crippen LogP contribution is 2.48. The van der Waals surface area contributed by atoms with E-state index in [9.17, 15) is 14.7 Å². The minimum Gasteiger partial charge on any atom is -0.478 e. The summed E-state index contributed by atoms with van der Waals surface area (Å²) >= 11 is 0. The van der Waals surface area contributed by atoms with Gasteiger partial charge in [-0.2, -0.15) is 0 Å². The topological polar surface area (TPSA) is 77.8 Å². The molecule has 100 valence electrons. The summed E-state index contributed by atoms with van der Waals surface area (Å²) in [5.41, 5.74) is 1.39. The molecule has 1 aliphatic heterocycles. The third-order valence-corrected chi connectivity index (χ3v) is 3.71. The van der Waals surface area contributed by atoms with Crippen molar-refractivity contribution >= 4 is 17.6 Å². The van der Waals surface area contributed by atoms with E-state index in [2.05, 4.69) is 6.58 Å². The van der Waals surface area contributed by atoms with Gasteiger partial charge in [0.15, 0.2) is 0 Å². The zero-order chi connectivity index (χ0) is 14.5. The monoisotopic (exact) mass is 261 g/mol. The molecular weight excluding hydrogens is 246 g/mol. The minimum absolute atomic E-state index is 0.0189. The van der Waals surface area contributed by atoms with E-state index in [1.165, 1.54) is 12.1 Å². The van der Waals surface area contributed by atoms with Gasteiger partial charge in [-0.15, -0.1) is 0 Å². The molecule has 5 nitrogen and oxygen atoms in total. The molecule has 1 heterocycles. The Labute approximate surface area is 110 Å². The van der Waals surface area contributed by atoms with Crippen molar-refractivity contribution in [2.45, 2.75) is 19.3 Å². The van der Waals surface area contributed by atoms with Crippen LogP contribution in [-0.2, 0) is 5.41 Å². The minimum atomic E-state index is -1.14. The van der Waals surface area contributed by atoms with Crippen LogP contribution in [0.25, 0.3) is 0 Å². The van der Waals surface area contributed by atoms with Crippen LogP contribution in [-0.4, -0.2) is 29.2 Å². The first-order valence-corrected chi connectivity index (χ1v) is 5.76. The average molecular weight is 261 g/mol. The number of allylic oxidation sites excluding steroid dienone is 1. The number of carboxylic acids is 2. The highest BCUT2D eigenvalue weighted by molar-refractivity contribution is 5.99. The van der Waals surface area contributed by atoms with E-state index in [1.54, 1.807) is 11.9 Å². The van der Waals surface area contributed by atoms with Gasteiger partial charge in [-0.05, 0) is 12.1 Å². The molecule has 0 unspecified atom stereocenters. The molecule has 0 fully saturated rings. The van der Waals surface area contributed by atoms with Crippen LogP contribution in [0, 0.1) is 0 Å². The second-order valence-electron chi connectivity index (χ2n) is 5.16. The van der Waals surface area contributed by atoms with Crippen LogP contribution in [0.15, 0.2) is 24.4 Å². The number of aromatic carboxylic acids is 2. The molecule has 0 radical (unpaired) electrons. The number of rotatable bonds is 2. The lowest BCUT2D eigenvalue weighted by atomic mass is 9.81. The predicted molar refractivity (Wildman–Crippen MR) is 70.9 cm³/mol. The van der Waals surface area contributed by atoms with Crippen LogP contribution in [0.2, 0.25) is 0 Å². The van der Waals surface area contributed by atoms with Gasteiger partial charge in [0.2, 0.25) is 0 Å². The fourth-order valence-corrected chi connectivity index (χ4v) is 2.55.